The molecule has 0 amide bonds. The average Bonchev–Trinajstić information content (AvgIpc) is 2.54. The summed E-state index contributed by atoms with van der Waals surface area (Å²) in [6.45, 7) is 2.56. The van der Waals surface area contributed by atoms with E-state index < -0.39 is 0 Å². The minimum Gasteiger partial charge on any atom is -0.506 e. The summed E-state index contributed by atoms with van der Waals surface area (Å²) in [5.74, 6) is -0.275. The lowest BCUT2D eigenvalue weighted by Crippen LogP contribution is -2.12. The first-order chi connectivity index (χ1) is 11.1. The molecule has 2 heterocycles. The van der Waals surface area contributed by atoms with Gasteiger partial charge in [-0.15, -0.1) is 0 Å². The number of carbonyl (C=O) groups is 1. The lowest BCUT2D eigenvalue weighted by molar-refractivity contribution is 0.104. The van der Waals surface area contributed by atoms with Gasteiger partial charge >= 0.3 is 0 Å². The number of halogens is 1. The summed E-state index contributed by atoms with van der Waals surface area (Å²) in [5.41, 5.74) is 3.36. The summed E-state index contributed by atoms with van der Waals surface area (Å²) in [6, 6.07) is 6.97. The van der Waals surface area contributed by atoms with Crippen molar-refractivity contribution in [3.63, 3.8) is 0 Å². The fourth-order valence-corrected chi connectivity index (χ4v) is 2.72. The summed E-state index contributed by atoms with van der Waals surface area (Å²) in [6.07, 6.45) is 5.28. The number of fused-ring (bicyclic) bond motifs is 1. The number of carbonyl (C=O) groups excluding carboxylic acids is 1. The number of phenols is 1. The first-order valence-corrected chi connectivity index (χ1v) is 7.64. The van der Waals surface area contributed by atoms with Crippen LogP contribution in [0.25, 0.3) is 6.08 Å². The standard InChI is InChI=1S/C18H15ClN2O2/c1-11-17-12(8-9-20-11)2-6-15(18(17)23)16(22)7-5-14-4-3-13(19)10-21-14/h2-7,10,23H,8-9H2,1H3/b7-5+. The summed E-state index contributed by atoms with van der Waals surface area (Å²) < 4.78 is 0. The largest absolute Gasteiger partial charge is 0.506 e. The van der Waals surface area contributed by atoms with E-state index in [1.165, 1.54) is 12.3 Å². The van der Waals surface area contributed by atoms with Gasteiger partial charge in [0.25, 0.3) is 0 Å². The monoisotopic (exact) mass is 326 g/mol. The Morgan fingerprint density at radius 3 is 2.87 bits per heavy atom. The van der Waals surface area contributed by atoms with E-state index in [1.54, 1.807) is 24.3 Å². The van der Waals surface area contributed by atoms with E-state index in [4.69, 9.17) is 11.6 Å². The van der Waals surface area contributed by atoms with Crippen LogP contribution in [0.4, 0.5) is 0 Å². The highest BCUT2D eigenvalue weighted by Gasteiger charge is 2.20. The number of aromatic nitrogens is 1. The Kier molecular flexibility index (Phi) is 4.26. The van der Waals surface area contributed by atoms with E-state index >= 15 is 0 Å². The highest BCUT2D eigenvalue weighted by Crippen LogP contribution is 2.30. The fourth-order valence-electron chi connectivity index (χ4n) is 2.60. The molecule has 0 fully saturated rings. The lowest BCUT2D eigenvalue weighted by atomic mass is 9.93. The highest BCUT2D eigenvalue weighted by atomic mass is 35.5. The summed E-state index contributed by atoms with van der Waals surface area (Å²) in [7, 11) is 0. The van der Waals surface area contributed by atoms with E-state index in [9.17, 15) is 9.90 Å². The molecule has 1 aromatic carbocycles. The van der Waals surface area contributed by atoms with Gasteiger partial charge in [-0.05, 0) is 49.3 Å². The molecule has 1 N–H and O–H groups in total. The van der Waals surface area contributed by atoms with Crippen molar-refractivity contribution in [3.05, 3.63) is 63.9 Å². The van der Waals surface area contributed by atoms with Crippen LogP contribution in [0, 0.1) is 0 Å². The van der Waals surface area contributed by atoms with Crippen LogP contribution in [0.15, 0.2) is 41.5 Å². The van der Waals surface area contributed by atoms with Crippen LogP contribution < -0.4 is 0 Å². The predicted octanol–water partition coefficient (Wildman–Crippen LogP) is 3.70. The highest BCUT2D eigenvalue weighted by molar-refractivity contribution is 6.30. The molecular formula is C18H15ClN2O2. The molecule has 0 atom stereocenters. The molecule has 5 heteroatoms. The molecule has 0 saturated heterocycles. The maximum absolute atomic E-state index is 12.4. The molecule has 4 nitrogen and oxygen atoms in total. The number of ketones is 1. The Labute approximate surface area is 139 Å². The molecule has 1 aliphatic heterocycles. The summed E-state index contributed by atoms with van der Waals surface area (Å²) in [4.78, 5) is 20.8. The van der Waals surface area contributed by atoms with Crippen LogP contribution in [0.2, 0.25) is 5.02 Å². The third-order valence-corrected chi connectivity index (χ3v) is 4.00. The van der Waals surface area contributed by atoms with Crippen molar-refractivity contribution >= 4 is 29.2 Å². The molecule has 0 aliphatic carbocycles. The van der Waals surface area contributed by atoms with E-state index in [2.05, 4.69) is 9.98 Å². The molecule has 1 aromatic heterocycles. The van der Waals surface area contributed by atoms with Gasteiger partial charge in [-0.2, -0.15) is 0 Å². The molecule has 0 unspecified atom stereocenters. The lowest BCUT2D eigenvalue weighted by Gasteiger charge is -2.17. The third-order valence-electron chi connectivity index (χ3n) is 3.78. The van der Waals surface area contributed by atoms with Crippen LogP contribution in [0.3, 0.4) is 0 Å². The first kappa shape index (κ1) is 15.4. The Hall–Kier alpha value is -2.46. The summed E-state index contributed by atoms with van der Waals surface area (Å²) in [5, 5.41) is 11.0. The number of allylic oxidation sites excluding steroid dienone is 1. The van der Waals surface area contributed by atoms with Gasteiger partial charge in [0.2, 0.25) is 0 Å². The molecule has 1 aliphatic rings. The Morgan fingerprint density at radius 2 is 2.13 bits per heavy atom. The van der Waals surface area contributed by atoms with Crippen LogP contribution in [0.1, 0.15) is 34.1 Å². The topological polar surface area (TPSA) is 62.5 Å². The van der Waals surface area contributed by atoms with Crippen LogP contribution in [-0.4, -0.2) is 28.1 Å². The van der Waals surface area contributed by atoms with Crippen molar-refractivity contribution in [1.82, 2.24) is 4.98 Å². The normalized spacial score (nSPS) is 13.7. The number of aromatic hydroxyl groups is 1. The first-order valence-electron chi connectivity index (χ1n) is 7.26. The van der Waals surface area contributed by atoms with Gasteiger partial charge < -0.3 is 5.11 Å². The number of benzene rings is 1. The van der Waals surface area contributed by atoms with Gasteiger partial charge in [-0.25, -0.2) is 0 Å². The van der Waals surface area contributed by atoms with Crippen LogP contribution >= 0.6 is 11.6 Å². The van der Waals surface area contributed by atoms with Crippen molar-refractivity contribution in [1.29, 1.82) is 0 Å². The van der Waals surface area contributed by atoms with Crippen LogP contribution in [0.5, 0.6) is 5.75 Å². The number of phenolic OH excluding ortho intramolecular Hbond substituents is 1. The maximum atomic E-state index is 12.4. The molecule has 3 rings (SSSR count). The van der Waals surface area contributed by atoms with Gasteiger partial charge in [0.15, 0.2) is 5.78 Å². The van der Waals surface area contributed by atoms with Gasteiger partial charge in [0.1, 0.15) is 5.75 Å². The molecule has 0 bridgehead atoms. The fraction of sp³-hybridized carbons (Fsp3) is 0.167. The van der Waals surface area contributed by atoms with Crippen molar-refractivity contribution < 1.29 is 9.90 Å². The minimum atomic E-state index is -0.277. The van der Waals surface area contributed by atoms with Gasteiger partial charge in [0.05, 0.1) is 16.3 Å². The molecule has 0 saturated carbocycles. The number of rotatable bonds is 3. The van der Waals surface area contributed by atoms with Crippen molar-refractivity contribution in [3.8, 4) is 5.75 Å². The number of hydrogen-bond donors (Lipinski definition) is 1. The van der Waals surface area contributed by atoms with Crippen molar-refractivity contribution in [2.75, 3.05) is 6.54 Å². The SMILES string of the molecule is CC1=NCCc2ccc(C(=O)/C=C/c3ccc(Cl)cn3)c(O)c21. The molecular weight excluding hydrogens is 312 g/mol. The van der Waals surface area contributed by atoms with Gasteiger partial charge in [-0.1, -0.05) is 17.7 Å². The predicted molar refractivity (Wildman–Crippen MR) is 91.5 cm³/mol. The Balaban J connectivity index is 1.90. The molecule has 2 aromatic rings. The average molecular weight is 327 g/mol. The molecule has 23 heavy (non-hydrogen) atoms. The second-order valence-corrected chi connectivity index (χ2v) is 5.75. The number of hydrogen-bond acceptors (Lipinski definition) is 4. The third kappa shape index (κ3) is 3.17. The second-order valence-electron chi connectivity index (χ2n) is 5.31. The number of nitrogens with zero attached hydrogens (tertiary/aromatic N) is 2. The Morgan fingerprint density at radius 1 is 1.30 bits per heavy atom. The second kappa shape index (κ2) is 6.34. The van der Waals surface area contributed by atoms with Crippen LogP contribution in [-0.2, 0) is 6.42 Å². The minimum absolute atomic E-state index is 0.00200. The smallest absolute Gasteiger partial charge is 0.189 e. The van der Waals surface area contributed by atoms with Crippen molar-refractivity contribution in [2.24, 2.45) is 4.99 Å². The van der Waals surface area contributed by atoms with Gasteiger partial charge in [0, 0.05) is 24.0 Å². The molecule has 0 radical (unpaired) electrons. The van der Waals surface area contributed by atoms with E-state index in [1.807, 2.05) is 13.0 Å². The van der Waals surface area contributed by atoms with Gasteiger partial charge in [-0.3, -0.25) is 14.8 Å². The number of pyridine rings is 1. The molecule has 0 spiro atoms. The zero-order valence-electron chi connectivity index (χ0n) is 12.6. The zero-order chi connectivity index (χ0) is 16.4. The number of aliphatic imine (C=N–C) groups is 1. The molecule has 116 valence electrons. The maximum Gasteiger partial charge on any atom is 0.189 e. The Bertz CT molecular complexity index is 824. The van der Waals surface area contributed by atoms with E-state index in [-0.39, 0.29) is 17.1 Å². The van der Waals surface area contributed by atoms with E-state index in [0.717, 1.165) is 17.7 Å². The van der Waals surface area contributed by atoms with Crippen molar-refractivity contribution in [2.45, 2.75) is 13.3 Å². The quantitative estimate of drug-likeness (QED) is 0.691. The zero-order valence-corrected chi connectivity index (χ0v) is 13.3. The van der Waals surface area contributed by atoms with E-state index in [0.29, 0.717) is 22.8 Å². The summed E-state index contributed by atoms with van der Waals surface area (Å²) >= 11 is 5.77.